The van der Waals surface area contributed by atoms with Gasteiger partial charge in [-0.25, -0.2) is 26.8 Å². The largest absolute Gasteiger partial charge is 0.497 e. The topological polar surface area (TPSA) is 144 Å². The molecular formula is C44H48Cl2N6O8S4. The summed E-state index contributed by atoms with van der Waals surface area (Å²) in [5, 5.41) is 6.86. The van der Waals surface area contributed by atoms with Crippen LogP contribution in [0.1, 0.15) is 11.1 Å². The fourth-order valence-corrected chi connectivity index (χ4v) is 12.7. The molecule has 6 aromatic rings. The average molecular weight is 988 g/mol. The van der Waals surface area contributed by atoms with E-state index in [1.54, 1.807) is 47.7 Å². The Morgan fingerprint density at radius 3 is 1.45 bits per heavy atom. The summed E-state index contributed by atoms with van der Waals surface area (Å²) in [6, 6.07) is 21.1. The maximum Gasteiger partial charge on any atom is 0.246 e. The molecule has 2 aliphatic heterocycles. The molecule has 2 aromatic heterocycles. The van der Waals surface area contributed by atoms with Crippen molar-refractivity contribution >= 4 is 76.2 Å². The lowest BCUT2D eigenvalue weighted by Crippen LogP contribution is -2.48. The molecule has 4 aromatic carbocycles. The maximum atomic E-state index is 13.2. The highest BCUT2D eigenvalue weighted by Crippen LogP contribution is 2.37. The van der Waals surface area contributed by atoms with Crippen molar-refractivity contribution in [3.8, 4) is 45.5 Å². The molecule has 0 bridgehead atoms. The first-order valence-electron chi connectivity index (χ1n) is 20.0. The summed E-state index contributed by atoms with van der Waals surface area (Å²) >= 11 is 15.4. The number of aryl methyl sites for hydroxylation is 2. The number of sulfonamides is 2. The number of hydrogen-bond donors (Lipinski definition) is 0. The van der Waals surface area contributed by atoms with Crippen molar-refractivity contribution in [1.29, 1.82) is 0 Å². The second kappa shape index (κ2) is 20.2. The Labute approximate surface area is 392 Å². The molecule has 0 atom stereocenters. The van der Waals surface area contributed by atoms with Crippen molar-refractivity contribution in [3.63, 3.8) is 0 Å². The summed E-state index contributed by atoms with van der Waals surface area (Å²) in [4.78, 5) is 14.1. The van der Waals surface area contributed by atoms with Gasteiger partial charge in [-0.05, 0) is 67.9 Å². The normalized spacial score (nSPS) is 15.1. The molecule has 0 unspecified atom stereocenters. The van der Waals surface area contributed by atoms with Crippen LogP contribution in [0.15, 0.2) is 93.3 Å². The monoisotopic (exact) mass is 986 g/mol. The van der Waals surface area contributed by atoms with Crippen molar-refractivity contribution in [2.24, 2.45) is 0 Å². The maximum absolute atomic E-state index is 13.2. The van der Waals surface area contributed by atoms with Gasteiger partial charge in [-0.1, -0.05) is 40.9 Å². The Bertz CT molecular complexity index is 2830. The molecule has 64 heavy (non-hydrogen) atoms. The lowest BCUT2D eigenvalue weighted by atomic mass is 10.0. The van der Waals surface area contributed by atoms with E-state index in [9.17, 15) is 16.8 Å². The van der Waals surface area contributed by atoms with Crippen LogP contribution in [0.4, 0.5) is 10.3 Å². The van der Waals surface area contributed by atoms with E-state index in [1.807, 2.05) is 11.4 Å². The number of rotatable bonds is 12. The summed E-state index contributed by atoms with van der Waals surface area (Å²) in [6.45, 7) is 7.83. The van der Waals surface area contributed by atoms with Crippen LogP contribution in [0.3, 0.4) is 0 Å². The predicted octanol–water partition coefficient (Wildman–Crippen LogP) is 8.60. The van der Waals surface area contributed by atoms with E-state index >= 15 is 0 Å². The zero-order valence-corrected chi connectivity index (χ0v) is 40.9. The number of hydrogen-bond acceptors (Lipinski definition) is 14. The fourth-order valence-electron chi connectivity index (χ4n) is 7.27. The van der Waals surface area contributed by atoms with E-state index in [0.29, 0.717) is 73.9 Å². The van der Waals surface area contributed by atoms with E-state index in [-0.39, 0.29) is 21.3 Å². The van der Waals surface area contributed by atoms with Crippen LogP contribution in [0, 0.1) is 13.8 Å². The summed E-state index contributed by atoms with van der Waals surface area (Å²) in [7, 11) is -1.42. The van der Waals surface area contributed by atoms with Crippen molar-refractivity contribution < 1.29 is 35.8 Å². The number of piperazine rings is 2. The molecule has 4 heterocycles. The van der Waals surface area contributed by atoms with Crippen molar-refractivity contribution in [2.45, 2.75) is 23.6 Å². The van der Waals surface area contributed by atoms with Crippen LogP contribution in [0.5, 0.6) is 23.0 Å². The summed E-state index contributed by atoms with van der Waals surface area (Å²) in [5.74, 6) is 1.63. The average Bonchev–Trinajstić information content (AvgIpc) is 4.01. The van der Waals surface area contributed by atoms with Gasteiger partial charge in [0.25, 0.3) is 0 Å². The molecule has 8 rings (SSSR count). The number of methoxy groups -OCH3 is 4. The molecule has 2 fully saturated rings. The number of thiazole rings is 2. The molecule has 0 amide bonds. The van der Waals surface area contributed by atoms with Crippen LogP contribution in [-0.2, 0) is 20.0 Å². The highest BCUT2D eigenvalue weighted by atomic mass is 35.5. The van der Waals surface area contributed by atoms with E-state index in [1.165, 1.54) is 71.6 Å². The number of anilines is 2. The van der Waals surface area contributed by atoms with Gasteiger partial charge in [0.15, 0.2) is 10.3 Å². The molecule has 2 saturated heterocycles. The molecule has 14 nitrogen and oxygen atoms in total. The highest BCUT2D eigenvalue weighted by molar-refractivity contribution is 7.89. The highest BCUT2D eigenvalue weighted by Gasteiger charge is 2.33. The van der Waals surface area contributed by atoms with Gasteiger partial charge >= 0.3 is 0 Å². The third kappa shape index (κ3) is 10.2. The zero-order valence-electron chi connectivity index (χ0n) is 36.1. The van der Waals surface area contributed by atoms with Gasteiger partial charge in [-0.15, -0.1) is 22.7 Å². The third-order valence-corrected chi connectivity index (χ3v) is 17.1. The van der Waals surface area contributed by atoms with E-state index in [4.69, 9.17) is 52.1 Å². The summed E-state index contributed by atoms with van der Waals surface area (Å²) in [6.07, 6.45) is 0. The summed E-state index contributed by atoms with van der Waals surface area (Å²) in [5.41, 5.74) is 6.07. The number of benzene rings is 4. The molecule has 0 saturated carbocycles. The molecule has 0 radical (unpaired) electrons. The van der Waals surface area contributed by atoms with Gasteiger partial charge < -0.3 is 28.7 Å². The smallest absolute Gasteiger partial charge is 0.246 e. The van der Waals surface area contributed by atoms with Crippen molar-refractivity contribution in [2.75, 3.05) is 90.6 Å². The Balaban J connectivity index is 0.000000191. The lowest BCUT2D eigenvalue weighted by Gasteiger charge is -2.34. The second-order valence-corrected chi connectivity index (χ2v) is 21.1. The predicted molar refractivity (Wildman–Crippen MR) is 256 cm³/mol. The van der Waals surface area contributed by atoms with Crippen LogP contribution in [0.25, 0.3) is 22.5 Å². The number of aromatic nitrogens is 2. The first-order valence-corrected chi connectivity index (χ1v) is 25.4. The molecule has 0 spiro atoms. The van der Waals surface area contributed by atoms with Gasteiger partial charge in [0.05, 0.1) is 44.8 Å². The molecule has 20 heteroatoms. The molecular weight excluding hydrogens is 940 g/mol. The molecule has 340 valence electrons. The number of ether oxygens (including phenoxy) is 4. The van der Waals surface area contributed by atoms with Crippen LogP contribution in [0.2, 0.25) is 10.0 Å². The van der Waals surface area contributed by atoms with E-state index in [2.05, 4.69) is 47.2 Å². The Morgan fingerprint density at radius 1 is 0.547 bits per heavy atom. The summed E-state index contributed by atoms with van der Waals surface area (Å²) < 4.78 is 76.8. The molecule has 0 N–H and O–H groups in total. The van der Waals surface area contributed by atoms with Crippen molar-refractivity contribution in [1.82, 2.24) is 18.6 Å². The van der Waals surface area contributed by atoms with E-state index < -0.39 is 20.0 Å². The van der Waals surface area contributed by atoms with Gasteiger partial charge in [-0.2, -0.15) is 8.61 Å². The first kappa shape index (κ1) is 47.3. The standard InChI is InChI=1S/C23H27N3O4S2.C21H21Cl2N3O4S2/c1-16-5-6-17(2)19(13-16)20-15-31-23(24-20)25-9-11-26(12-10-25)32(27,28)22-8-7-18(29-3)14-21(22)30-4;1-29-15-4-6-20(19(12-15)30-2)32(27,28)26-9-7-25(8-10-26)21-24-18(13-31-21)16-5-3-14(22)11-17(16)23/h5-8,13-15H,9-12H2,1-4H3;3-6,11-13H,7-10H2,1-2H3. The first-order chi connectivity index (χ1) is 30.7. The Kier molecular flexibility index (Phi) is 15.0. The van der Waals surface area contributed by atoms with Gasteiger partial charge in [0.2, 0.25) is 20.0 Å². The van der Waals surface area contributed by atoms with Gasteiger partial charge in [0.1, 0.15) is 32.8 Å². The quantitative estimate of drug-likeness (QED) is 0.116. The molecule has 2 aliphatic rings. The Morgan fingerprint density at radius 2 is 1.02 bits per heavy atom. The SMILES string of the molecule is COc1ccc(S(=O)(=O)N2CCN(c3nc(-c4cc(C)ccc4C)cs3)CC2)c(OC)c1.COc1ccc(S(=O)(=O)N2CCN(c3nc(-c4ccc(Cl)cc4Cl)cs3)CC2)c(OC)c1. The zero-order chi connectivity index (χ0) is 45.8. The van der Waals surface area contributed by atoms with Crippen molar-refractivity contribution in [3.05, 3.63) is 105 Å². The number of halogens is 2. The van der Waals surface area contributed by atoms with Gasteiger partial charge in [-0.3, -0.25) is 0 Å². The third-order valence-electron chi connectivity index (χ3n) is 10.9. The van der Waals surface area contributed by atoms with E-state index in [0.717, 1.165) is 32.8 Å². The minimum atomic E-state index is -3.70. The second-order valence-electron chi connectivity index (χ2n) is 14.8. The Hall–Kier alpha value is -4.66. The van der Waals surface area contributed by atoms with Crippen LogP contribution < -0.4 is 28.7 Å². The van der Waals surface area contributed by atoms with Gasteiger partial charge in [0, 0.05) is 91.4 Å². The minimum Gasteiger partial charge on any atom is -0.497 e. The fraction of sp³-hybridized carbons (Fsp3) is 0.318. The minimum absolute atomic E-state index is 0.128. The lowest BCUT2D eigenvalue weighted by molar-refractivity contribution is 0.369. The van der Waals surface area contributed by atoms with Crippen LogP contribution in [-0.4, -0.2) is 116 Å². The number of nitrogens with zero attached hydrogens (tertiary/aromatic N) is 6. The van der Waals surface area contributed by atoms with Crippen LogP contribution >= 0.6 is 45.9 Å². The molecule has 0 aliphatic carbocycles.